The van der Waals surface area contributed by atoms with Crippen LogP contribution in [0.4, 0.5) is 13.2 Å². The second-order valence-electron chi connectivity index (χ2n) is 4.30. The van der Waals surface area contributed by atoms with Crippen molar-refractivity contribution in [2.24, 2.45) is 0 Å². The van der Waals surface area contributed by atoms with Gasteiger partial charge in [-0.2, -0.15) is 4.39 Å². The van der Waals surface area contributed by atoms with Gasteiger partial charge in [0, 0.05) is 0 Å². The van der Waals surface area contributed by atoms with Crippen molar-refractivity contribution in [2.75, 3.05) is 7.11 Å². The summed E-state index contributed by atoms with van der Waals surface area (Å²) in [6.07, 6.45) is 0. The minimum absolute atomic E-state index is 0.219. The van der Waals surface area contributed by atoms with Gasteiger partial charge in [0.05, 0.1) is 7.11 Å². The highest BCUT2D eigenvalue weighted by Crippen LogP contribution is 2.27. The van der Waals surface area contributed by atoms with E-state index in [1.807, 2.05) is 0 Å². The number of rotatable bonds is 5. The number of benzene rings is 2. The average Bonchev–Trinajstić information content (AvgIpc) is 2.51. The van der Waals surface area contributed by atoms with Crippen LogP contribution in [0.1, 0.15) is 15.9 Å². The Hall–Kier alpha value is -2.70. The highest BCUT2D eigenvalue weighted by atomic mass is 19.2. The number of ether oxygens (including phenoxy) is 2. The Labute approximate surface area is 123 Å². The first-order valence-electron chi connectivity index (χ1n) is 6.10. The largest absolute Gasteiger partial charge is 0.497 e. The molecule has 0 fully saturated rings. The molecule has 22 heavy (non-hydrogen) atoms. The summed E-state index contributed by atoms with van der Waals surface area (Å²) in [6.45, 7) is -0.219. The molecule has 2 aromatic carbocycles. The monoisotopic (exact) mass is 312 g/mol. The standard InChI is InChI=1S/C15H11F3O4/c1-21-9-4-2-8(3-5-9)7-22-14-11(16)6-10(15(19)20)12(17)13(14)18/h2-6H,7H2,1H3,(H,19,20). The van der Waals surface area contributed by atoms with Crippen LogP contribution in [0.25, 0.3) is 0 Å². The molecule has 0 amide bonds. The average molecular weight is 312 g/mol. The summed E-state index contributed by atoms with van der Waals surface area (Å²) in [7, 11) is 1.49. The van der Waals surface area contributed by atoms with Gasteiger partial charge in [-0.1, -0.05) is 12.1 Å². The quantitative estimate of drug-likeness (QED) is 0.860. The molecule has 0 aliphatic rings. The van der Waals surface area contributed by atoms with Crippen LogP contribution in [0.15, 0.2) is 30.3 Å². The number of carbonyl (C=O) groups is 1. The van der Waals surface area contributed by atoms with E-state index in [2.05, 4.69) is 0 Å². The van der Waals surface area contributed by atoms with Crippen molar-refractivity contribution in [3.05, 3.63) is 58.9 Å². The Kier molecular flexibility index (Phi) is 4.55. The fourth-order valence-electron chi connectivity index (χ4n) is 1.74. The van der Waals surface area contributed by atoms with Gasteiger partial charge in [0.25, 0.3) is 0 Å². The van der Waals surface area contributed by atoms with Crippen LogP contribution in [-0.2, 0) is 6.61 Å². The maximum absolute atomic E-state index is 13.7. The molecule has 0 unspecified atom stereocenters. The zero-order chi connectivity index (χ0) is 16.3. The molecule has 0 radical (unpaired) electrons. The van der Waals surface area contributed by atoms with Crippen molar-refractivity contribution in [3.63, 3.8) is 0 Å². The summed E-state index contributed by atoms with van der Waals surface area (Å²) in [5, 5.41) is 8.64. The molecule has 4 nitrogen and oxygen atoms in total. The first-order valence-corrected chi connectivity index (χ1v) is 6.10. The van der Waals surface area contributed by atoms with Crippen molar-refractivity contribution < 1.29 is 32.5 Å². The molecule has 0 saturated heterocycles. The van der Waals surface area contributed by atoms with Crippen molar-refractivity contribution in [3.8, 4) is 11.5 Å². The number of aromatic carboxylic acids is 1. The molecule has 0 heterocycles. The molecule has 7 heteroatoms. The fraction of sp³-hybridized carbons (Fsp3) is 0.133. The van der Waals surface area contributed by atoms with E-state index in [4.69, 9.17) is 14.6 Å². The third-order valence-electron chi connectivity index (χ3n) is 2.89. The second-order valence-corrected chi connectivity index (χ2v) is 4.30. The first kappa shape index (κ1) is 15.7. The van der Waals surface area contributed by atoms with Crippen LogP contribution in [0.2, 0.25) is 0 Å². The number of halogens is 3. The molecule has 0 aliphatic carbocycles. The van der Waals surface area contributed by atoms with Gasteiger partial charge in [0.15, 0.2) is 17.4 Å². The van der Waals surface area contributed by atoms with Crippen LogP contribution in [0, 0.1) is 17.5 Å². The van der Waals surface area contributed by atoms with Gasteiger partial charge in [-0.05, 0) is 23.8 Å². The predicted octanol–water partition coefficient (Wildman–Crippen LogP) is 3.39. The van der Waals surface area contributed by atoms with E-state index in [-0.39, 0.29) is 6.61 Å². The van der Waals surface area contributed by atoms with Crippen LogP contribution in [0.3, 0.4) is 0 Å². The van der Waals surface area contributed by atoms with E-state index in [0.717, 1.165) is 0 Å². The molecular weight excluding hydrogens is 301 g/mol. The first-order chi connectivity index (χ1) is 10.4. The number of carboxylic acid groups (broad SMARTS) is 1. The number of hydrogen-bond acceptors (Lipinski definition) is 3. The van der Waals surface area contributed by atoms with E-state index >= 15 is 0 Å². The molecule has 0 aromatic heterocycles. The zero-order valence-corrected chi connectivity index (χ0v) is 11.4. The Morgan fingerprint density at radius 2 is 1.77 bits per heavy atom. The van der Waals surface area contributed by atoms with Crippen molar-refractivity contribution in [1.82, 2.24) is 0 Å². The van der Waals surface area contributed by atoms with E-state index in [0.29, 0.717) is 17.4 Å². The van der Waals surface area contributed by atoms with E-state index in [1.165, 1.54) is 7.11 Å². The second kappa shape index (κ2) is 6.38. The lowest BCUT2D eigenvalue weighted by molar-refractivity contribution is 0.0689. The molecule has 0 aliphatic heterocycles. The van der Waals surface area contributed by atoms with Crippen LogP contribution in [-0.4, -0.2) is 18.2 Å². The third kappa shape index (κ3) is 3.13. The van der Waals surface area contributed by atoms with E-state index < -0.39 is 34.7 Å². The Balaban J connectivity index is 2.22. The smallest absolute Gasteiger partial charge is 0.338 e. The lowest BCUT2D eigenvalue weighted by Crippen LogP contribution is -2.08. The lowest BCUT2D eigenvalue weighted by Gasteiger charge is -2.10. The fourth-order valence-corrected chi connectivity index (χ4v) is 1.74. The maximum Gasteiger partial charge on any atom is 0.338 e. The lowest BCUT2D eigenvalue weighted by atomic mass is 10.2. The summed E-state index contributed by atoms with van der Waals surface area (Å²) < 4.78 is 50.7. The summed E-state index contributed by atoms with van der Waals surface area (Å²) in [6, 6.07) is 6.84. The molecule has 2 rings (SSSR count). The van der Waals surface area contributed by atoms with Gasteiger partial charge in [-0.3, -0.25) is 0 Å². The highest BCUT2D eigenvalue weighted by molar-refractivity contribution is 5.88. The third-order valence-corrected chi connectivity index (χ3v) is 2.89. The van der Waals surface area contributed by atoms with Gasteiger partial charge in [-0.25, -0.2) is 13.6 Å². The molecule has 116 valence electrons. The zero-order valence-electron chi connectivity index (χ0n) is 11.4. The van der Waals surface area contributed by atoms with Gasteiger partial charge >= 0.3 is 5.97 Å². The van der Waals surface area contributed by atoms with Crippen molar-refractivity contribution in [2.45, 2.75) is 6.61 Å². The summed E-state index contributed by atoms with van der Waals surface area (Å²) >= 11 is 0. The van der Waals surface area contributed by atoms with Crippen molar-refractivity contribution in [1.29, 1.82) is 0 Å². The summed E-state index contributed by atoms with van der Waals surface area (Å²) in [5.74, 6) is -6.76. The Morgan fingerprint density at radius 1 is 1.14 bits per heavy atom. The molecule has 0 bridgehead atoms. The SMILES string of the molecule is COc1ccc(COc2c(F)cc(C(=O)O)c(F)c2F)cc1. The minimum atomic E-state index is -1.77. The predicted molar refractivity (Wildman–Crippen MR) is 70.6 cm³/mol. The maximum atomic E-state index is 13.7. The van der Waals surface area contributed by atoms with Crippen molar-refractivity contribution >= 4 is 5.97 Å². The van der Waals surface area contributed by atoms with Gasteiger partial charge < -0.3 is 14.6 Å². The molecule has 0 atom stereocenters. The van der Waals surface area contributed by atoms with E-state index in [1.54, 1.807) is 24.3 Å². The van der Waals surface area contributed by atoms with Crippen LogP contribution < -0.4 is 9.47 Å². The Morgan fingerprint density at radius 3 is 2.32 bits per heavy atom. The van der Waals surface area contributed by atoms with Gasteiger partial charge in [0.2, 0.25) is 5.82 Å². The minimum Gasteiger partial charge on any atom is -0.497 e. The highest BCUT2D eigenvalue weighted by Gasteiger charge is 2.23. The van der Waals surface area contributed by atoms with Gasteiger partial charge in [-0.15, -0.1) is 0 Å². The van der Waals surface area contributed by atoms with E-state index in [9.17, 15) is 18.0 Å². The Bertz CT molecular complexity index is 699. The van der Waals surface area contributed by atoms with Crippen LogP contribution in [0.5, 0.6) is 11.5 Å². The topological polar surface area (TPSA) is 55.8 Å². The van der Waals surface area contributed by atoms with Crippen LogP contribution >= 0.6 is 0 Å². The molecule has 2 aromatic rings. The molecule has 1 N–H and O–H groups in total. The molecule has 0 saturated carbocycles. The molecular formula is C15H11F3O4. The number of methoxy groups -OCH3 is 1. The number of carboxylic acids is 1. The number of hydrogen-bond donors (Lipinski definition) is 1. The normalized spacial score (nSPS) is 10.4. The summed E-state index contributed by atoms with van der Waals surface area (Å²) in [4.78, 5) is 10.7. The summed E-state index contributed by atoms with van der Waals surface area (Å²) in [5.41, 5.74) is -0.519. The molecule has 0 spiro atoms. The van der Waals surface area contributed by atoms with Gasteiger partial charge in [0.1, 0.15) is 17.9 Å².